The molecule has 0 fully saturated rings. The molecule has 0 saturated carbocycles. The van der Waals surface area contributed by atoms with Crippen LogP contribution in [-0.4, -0.2) is 4.57 Å². The summed E-state index contributed by atoms with van der Waals surface area (Å²) in [7, 11) is 0. The summed E-state index contributed by atoms with van der Waals surface area (Å²) in [5, 5.41) is 17.4. The highest BCUT2D eigenvalue weighted by Gasteiger charge is 2.13. The molecule has 0 saturated heterocycles. The molecule has 0 aliphatic rings. The first-order valence-corrected chi connectivity index (χ1v) is 18.0. The van der Waals surface area contributed by atoms with E-state index in [-0.39, 0.29) is 0 Å². The number of benzene rings is 8. The first-order valence-electron chi connectivity index (χ1n) is 17.2. The summed E-state index contributed by atoms with van der Waals surface area (Å²) in [5.74, 6) is 0. The maximum Gasteiger partial charge on any atom is 0.0541 e. The van der Waals surface area contributed by atoms with Gasteiger partial charge >= 0.3 is 0 Å². The van der Waals surface area contributed by atoms with Crippen LogP contribution in [0.25, 0.3) is 102 Å². The molecule has 14 bridgehead atoms. The molecule has 9 aromatic carbocycles. The Bertz CT molecular complexity index is 3260. The van der Waals surface area contributed by atoms with Gasteiger partial charge in [0.05, 0.1) is 11.0 Å². The zero-order valence-corrected chi connectivity index (χ0v) is 27.9. The van der Waals surface area contributed by atoms with Gasteiger partial charge in [0.1, 0.15) is 0 Å². The molecule has 0 N–H and O–H groups in total. The normalized spacial score (nSPS) is 12.0. The lowest BCUT2D eigenvalue weighted by Crippen LogP contribution is -1.92. The molecule has 232 valence electrons. The molecule has 2 aromatic heterocycles. The van der Waals surface area contributed by atoms with E-state index in [1.54, 1.807) is 0 Å². The largest absolute Gasteiger partial charge is 0.309 e. The highest BCUT2D eigenvalue weighted by atomic mass is 32.1. The van der Waals surface area contributed by atoms with E-state index in [1.807, 2.05) is 11.3 Å². The molecule has 2 heteroatoms. The van der Waals surface area contributed by atoms with Crippen molar-refractivity contribution in [2.75, 3.05) is 0 Å². The van der Waals surface area contributed by atoms with E-state index in [1.165, 1.54) is 102 Å². The lowest BCUT2D eigenvalue weighted by molar-refractivity contribution is 1.18. The molecule has 0 radical (unpaired) electrons. The number of aromatic nitrogens is 1. The number of thiophene rings is 1. The van der Waals surface area contributed by atoms with Crippen LogP contribution >= 0.6 is 11.3 Å². The average molecular weight is 652 g/mol. The SMILES string of the molecule is c1ccc(-n2c3ccc4cc3c3cc(ccc32)c2ccc3sc5ccc(cc5c3c2)c2cccc(c2)c2cccc(c2)c2cccc4c2)cc1. The average Bonchev–Trinajstić information content (AvgIpc) is 3.72. The van der Waals surface area contributed by atoms with E-state index in [4.69, 9.17) is 0 Å². The highest BCUT2D eigenvalue weighted by Crippen LogP contribution is 2.39. The number of para-hydroxylation sites is 1. The van der Waals surface area contributed by atoms with Gasteiger partial charge < -0.3 is 4.57 Å². The van der Waals surface area contributed by atoms with Gasteiger partial charge in [-0.15, -0.1) is 11.3 Å². The fraction of sp³-hybridized carbons (Fsp3) is 0. The zero-order chi connectivity index (χ0) is 32.8. The second kappa shape index (κ2) is 10.6. The van der Waals surface area contributed by atoms with Crippen LogP contribution in [0.5, 0.6) is 0 Å². The summed E-state index contributed by atoms with van der Waals surface area (Å²) >= 11 is 1.88. The lowest BCUT2D eigenvalue weighted by Gasteiger charge is -2.07. The van der Waals surface area contributed by atoms with Crippen molar-refractivity contribution in [2.24, 2.45) is 0 Å². The fourth-order valence-electron chi connectivity index (χ4n) is 8.01. The van der Waals surface area contributed by atoms with Gasteiger partial charge in [-0.05, 0) is 133 Å². The predicted molar refractivity (Wildman–Crippen MR) is 219 cm³/mol. The molecule has 0 atom stereocenters. The first kappa shape index (κ1) is 27.7. The van der Waals surface area contributed by atoms with Gasteiger partial charge in [-0.3, -0.25) is 0 Å². The third-order valence-electron chi connectivity index (χ3n) is 10.5. The monoisotopic (exact) mass is 651 g/mol. The quantitative estimate of drug-likeness (QED) is 0.166. The maximum atomic E-state index is 2.41. The van der Waals surface area contributed by atoms with Crippen LogP contribution in [0, 0.1) is 0 Å². The van der Waals surface area contributed by atoms with Crippen molar-refractivity contribution >= 4 is 107 Å². The van der Waals surface area contributed by atoms with Crippen molar-refractivity contribution in [3.05, 3.63) is 176 Å². The van der Waals surface area contributed by atoms with Crippen molar-refractivity contribution in [3.8, 4) is 5.69 Å². The minimum absolute atomic E-state index is 1.17. The smallest absolute Gasteiger partial charge is 0.0541 e. The molecule has 0 aliphatic carbocycles. The Morgan fingerprint density at radius 3 is 1.06 bits per heavy atom. The lowest BCUT2D eigenvalue weighted by atomic mass is 10.0. The molecule has 2 heterocycles. The second-order valence-electron chi connectivity index (χ2n) is 13.4. The van der Waals surface area contributed by atoms with Gasteiger partial charge in [0, 0.05) is 36.6 Å². The highest BCUT2D eigenvalue weighted by molar-refractivity contribution is 7.25. The molecule has 11 rings (SSSR count). The topological polar surface area (TPSA) is 4.93 Å². The summed E-state index contributed by atoms with van der Waals surface area (Å²) in [6, 6.07) is 65.6. The van der Waals surface area contributed by atoms with Gasteiger partial charge in [0.15, 0.2) is 0 Å². The van der Waals surface area contributed by atoms with Gasteiger partial charge in [-0.2, -0.15) is 0 Å². The third-order valence-corrected chi connectivity index (χ3v) is 11.7. The van der Waals surface area contributed by atoms with Crippen LogP contribution in [-0.2, 0) is 0 Å². The summed E-state index contributed by atoms with van der Waals surface area (Å²) in [4.78, 5) is 0. The Balaban J connectivity index is 1.34. The Hall–Kier alpha value is -6.22. The van der Waals surface area contributed by atoms with E-state index >= 15 is 0 Å². The molecule has 0 amide bonds. The zero-order valence-electron chi connectivity index (χ0n) is 27.1. The minimum atomic E-state index is 1.17. The molecule has 1 nitrogen and oxygen atoms in total. The van der Waals surface area contributed by atoms with Crippen molar-refractivity contribution in [3.63, 3.8) is 0 Å². The second-order valence-corrected chi connectivity index (χ2v) is 14.5. The molecular formula is C48H29NS. The Labute approximate surface area is 292 Å². The van der Waals surface area contributed by atoms with Gasteiger partial charge in [-0.1, -0.05) is 97.1 Å². The van der Waals surface area contributed by atoms with Crippen LogP contribution in [0.4, 0.5) is 0 Å². The van der Waals surface area contributed by atoms with Gasteiger partial charge in [0.2, 0.25) is 0 Å². The van der Waals surface area contributed by atoms with E-state index < -0.39 is 0 Å². The third kappa shape index (κ3) is 4.26. The van der Waals surface area contributed by atoms with Gasteiger partial charge in [-0.25, -0.2) is 0 Å². The summed E-state index contributed by atoms with van der Waals surface area (Å²) < 4.78 is 5.04. The van der Waals surface area contributed by atoms with Crippen LogP contribution in [0.2, 0.25) is 0 Å². The van der Waals surface area contributed by atoms with Crippen molar-refractivity contribution in [1.29, 1.82) is 0 Å². The van der Waals surface area contributed by atoms with Crippen molar-refractivity contribution < 1.29 is 0 Å². The fourth-order valence-corrected chi connectivity index (χ4v) is 9.08. The standard InChI is InChI=1S/C48H29NS/c1-2-13-40(14-3-1)49-45-19-15-36-26-41(45)42-27-37(16-20-46(42)49)39-18-22-48-44(29-39)43-28-38(17-21-47(43)50-48)35-12-6-10-33(25-35)31-8-4-7-30(23-31)32-9-5-11-34(36)24-32/h1-29H. The molecule has 0 spiro atoms. The number of rotatable bonds is 1. The Morgan fingerprint density at radius 1 is 0.280 bits per heavy atom. The molecular weight excluding hydrogens is 623 g/mol. The molecule has 11 aromatic rings. The number of hydrogen-bond donors (Lipinski definition) is 0. The molecule has 0 aliphatic heterocycles. The minimum Gasteiger partial charge on any atom is -0.309 e. The van der Waals surface area contributed by atoms with Crippen molar-refractivity contribution in [2.45, 2.75) is 0 Å². The molecule has 0 unspecified atom stereocenters. The first-order chi connectivity index (χ1) is 24.7. The van der Waals surface area contributed by atoms with Crippen LogP contribution in [0.3, 0.4) is 0 Å². The Kier molecular flexibility index (Phi) is 5.89. The van der Waals surface area contributed by atoms with Gasteiger partial charge in [0.25, 0.3) is 0 Å². The van der Waals surface area contributed by atoms with Crippen LogP contribution in [0.1, 0.15) is 0 Å². The van der Waals surface area contributed by atoms with E-state index in [0.717, 1.165) is 0 Å². The number of nitrogens with zero attached hydrogens (tertiary/aromatic N) is 1. The number of hydrogen-bond acceptors (Lipinski definition) is 1. The van der Waals surface area contributed by atoms with E-state index in [0.29, 0.717) is 0 Å². The Morgan fingerprint density at radius 2 is 0.640 bits per heavy atom. The summed E-state index contributed by atoms with van der Waals surface area (Å²) in [5.41, 5.74) is 3.59. The summed E-state index contributed by atoms with van der Waals surface area (Å²) in [6.07, 6.45) is 0. The van der Waals surface area contributed by atoms with Crippen molar-refractivity contribution in [1.82, 2.24) is 4.57 Å². The van der Waals surface area contributed by atoms with E-state index in [2.05, 4.69) is 180 Å². The van der Waals surface area contributed by atoms with Crippen LogP contribution < -0.4 is 0 Å². The maximum absolute atomic E-state index is 2.41. The number of fused-ring (bicyclic) bond motifs is 15. The predicted octanol–water partition coefficient (Wildman–Crippen LogP) is 14.0. The summed E-state index contributed by atoms with van der Waals surface area (Å²) in [6.45, 7) is 0. The van der Waals surface area contributed by atoms with Crippen LogP contribution in [0.15, 0.2) is 176 Å². The van der Waals surface area contributed by atoms with E-state index in [9.17, 15) is 0 Å². The molecule has 50 heavy (non-hydrogen) atoms.